The third-order valence-corrected chi connectivity index (χ3v) is 3.84. The van der Waals surface area contributed by atoms with E-state index in [1.165, 1.54) is 5.56 Å². The lowest BCUT2D eigenvalue weighted by atomic mass is 10.2. The SMILES string of the molecule is O=C(Nc1ccc(CBr)cc1)c1ccc(I)cc1. The molecule has 18 heavy (non-hydrogen) atoms. The molecule has 0 aromatic heterocycles. The van der Waals surface area contributed by atoms with Crippen LogP contribution in [0.1, 0.15) is 15.9 Å². The van der Waals surface area contributed by atoms with Gasteiger partial charge in [-0.05, 0) is 64.6 Å². The molecule has 0 bridgehead atoms. The third-order valence-electron chi connectivity index (χ3n) is 2.47. The zero-order valence-corrected chi connectivity index (χ0v) is 13.2. The number of benzene rings is 2. The van der Waals surface area contributed by atoms with Crippen molar-refractivity contribution >= 4 is 50.1 Å². The second-order valence-corrected chi connectivity index (χ2v) is 5.60. The minimum Gasteiger partial charge on any atom is -0.322 e. The highest BCUT2D eigenvalue weighted by atomic mass is 127. The Kier molecular flexibility index (Phi) is 4.77. The predicted octanol–water partition coefficient (Wildman–Crippen LogP) is 4.44. The van der Waals surface area contributed by atoms with Gasteiger partial charge in [-0.3, -0.25) is 4.79 Å². The molecule has 2 nitrogen and oxygen atoms in total. The van der Waals surface area contributed by atoms with Crippen molar-refractivity contribution in [1.82, 2.24) is 0 Å². The lowest BCUT2D eigenvalue weighted by Crippen LogP contribution is -2.11. The molecule has 0 fully saturated rings. The van der Waals surface area contributed by atoms with Crippen LogP contribution in [-0.4, -0.2) is 5.91 Å². The fourth-order valence-electron chi connectivity index (χ4n) is 1.48. The molecule has 0 unspecified atom stereocenters. The molecular formula is C14H11BrINO. The fraction of sp³-hybridized carbons (Fsp3) is 0.0714. The van der Waals surface area contributed by atoms with E-state index in [1.54, 1.807) is 0 Å². The number of rotatable bonds is 3. The number of amides is 1. The van der Waals surface area contributed by atoms with Gasteiger partial charge in [-0.1, -0.05) is 28.1 Å². The van der Waals surface area contributed by atoms with Crippen LogP contribution in [0.3, 0.4) is 0 Å². The Morgan fingerprint density at radius 1 is 1.06 bits per heavy atom. The van der Waals surface area contributed by atoms with Crippen molar-refractivity contribution in [1.29, 1.82) is 0 Å². The van der Waals surface area contributed by atoms with Gasteiger partial charge in [0.2, 0.25) is 0 Å². The van der Waals surface area contributed by atoms with Crippen molar-refractivity contribution in [2.24, 2.45) is 0 Å². The Labute approximate surface area is 128 Å². The second-order valence-electron chi connectivity index (χ2n) is 3.79. The summed E-state index contributed by atoms with van der Waals surface area (Å²) in [5.41, 5.74) is 2.66. The minimum absolute atomic E-state index is 0.0852. The van der Waals surface area contributed by atoms with E-state index >= 15 is 0 Å². The van der Waals surface area contributed by atoms with Gasteiger partial charge in [-0.25, -0.2) is 0 Å². The van der Waals surface area contributed by atoms with Crippen LogP contribution in [0, 0.1) is 3.57 Å². The summed E-state index contributed by atoms with van der Waals surface area (Å²) in [4.78, 5) is 12.0. The first-order chi connectivity index (χ1) is 8.69. The lowest BCUT2D eigenvalue weighted by molar-refractivity contribution is 0.102. The molecule has 4 heteroatoms. The summed E-state index contributed by atoms with van der Waals surface area (Å²) < 4.78 is 1.12. The summed E-state index contributed by atoms with van der Waals surface area (Å²) in [6.07, 6.45) is 0. The Hall–Kier alpha value is -0.880. The van der Waals surface area contributed by atoms with Crippen molar-refractivity contribution in [3.05, 3.63) is 63.2 Å². The van der Waals surface area contributed by atoms with E-state index in [0.717, 1.165) is 14.6 Å². The van der Waals surface area contributed by atoms with Crippen molar-refractivity contribution in [2.45, 2.75) is 5.33 Å². The molecular weight excluding hydrogens is 405 g/mol. The van der Waals surface area contributed by atoms with Gasteiger partial charge in [-0.2, -0.15) is 0 Å². The van der Waals surface area contributed by atoms with Gasteiger partial charge in [0.15, 0.2) is 0 Å². The van der Waals surface area contributed by atoms with Crippen LogP contribution in [0.5, 0.6) is 0 Å². The average molecular weight is 416 g/mol. The smallest absolute Gasteiger partial charge is 0.255 e. The lowest BCUT2D eigenvalue weighted by Gasteiger charge is -2.06. The maximum atomic E-state index is 12.0. The number of carbonyl (C=O) groups excluding carboxylic acids is 1. The summed E-state index contributed by atoms with van der Waals surface area (Å²) in [7, 11) is 0. The van der Waals surface area contributed by atoms with Crippen molar-refractivity contribution in [3.63, 3.8) is 0 Å². The van der Waals surface area contributed by atoms with Gasteiger partial charge in [0.1, 0.15) is 0 Å². The standard InChI is InChI=1S/C14H11BrINO/c15-9-10-1-7-13(8-2-10)17-14(18)11-3-5-12(16)6-4-11/h1-8H,9H2,(H,17,18). The Bertz CT molecular complexity index is 537. The van der Waals surface area contributed by atoms with Crippen LogP contribution in [0.2, 0.25) is 0 Å². The van der Waals surface area contributed by atoms with Gasteiger partial charge >= 0.3 is 0 Å². The zero-order chi connectivity index (χ0) is 13.0. The first-order valence-electron chi connectivity index (χ1n) is 5.41. The first kappa shape index (κ1) is 13.5. The Morgan fingerprint density at radius 3 is 2.22 bits per heavy atom. The van der Waals surface area contributed by atoms with Crippen LogP contribution in [0.25, 0.3) is 0 Å². The molecule has 2 aromatic carbocycles. The molecule has 92 valence electrons. The molecule has 0 spiro atoms. The topological polar surface area (TPSA) is 29.1 Å². The van der Waals surface area contributed by atoms with Gasteiger partial charge in [0.05, 0.1) is 0 Å². The Morgan fingerprint density at radius 2 is 1.67 bits per heavy atom. The first-order valence-corrected chi connectivity index (χ1v) is 7.61. The Balaban J connectivity index is 2.08. The number of hydrogen-bond acceptors (Lipinski definition) is 1. The summed E-state index contributed by atoms with van der Waals surface area (Å²) in [6.45, 7) is 0. The minimum atomic E-state index is -0.0852. The van der Waals surface area contributed by atoms with E-state index in [4.69, 9.17) is 0 Å². The maximum Gasteiger partial charge on any atom is 0.255 e. The van der Waals surface area contributed by atoms with E-state index in [-0.39, 0.29) is 5.91 Å². The summed E-state index contributed by atoms with van der Waals surface area (Å²) in [6, 6.07) is 15.3. The van der Waals surface area contributed by atoms with Crippen LogP contribution >= 0.6 is 38.5 Å². The number of alkyl halides is 1. The van der Waals surface area contributed by atoms with Crippen LogP contribution in [0.4, 0.5) is 5.69 Å². The van der Waals surface area contributed by atoms with E-state index < -0.39 is 0 Å². The zero-order valence-electron chi connectivity index (χ0n) is 9.49. The largest absolute Gasteiger partial charge is 0.322 e. The highest BCUT2D eigenvalue weighted by Crippen LogP contribution is 2.14. The molecule has 0 radical (unpaired) electrons. The summed E-state index contributed by atoms with van der Waals surface area (Å²) in [5.74, 6) is -0.0852. The van der Waals surface area contributed by atoms with Gasteiger partial charge in [0.25, 0.3) is 5.91 Å². The maximum absolute atomic E-state index is 12.0. The molecule has 0 saturated heterocycles. The number of halogens is 2. The van der Waals surface area contributed by atoms with Gasteiger partial charge in [-0.15, -0.1) is 0 Å². The molecule has 0 atom stereocenters. The van der Waals surface area contributed by atoms with E-state index in [9.17, 15) is 4.79 Å². The van der Waals surface area contributed by atoms with E-state index in [0.29, 0.717) is 5.56 Å². The van der Waals surface area contributed by atoms with Gasteiger partial charge in [0, 0.05) is 20.2 Å². The molecule has 1 amide bonds. The van der Waals surface area contributed by atoms with Crippen molar-refractivity contribution in [2.75, 3.05) is 5.32 Å². The number of nitrogens with one attached hydrogen (secondary N) is 1. The van der Waals surface area contributed by atoms with E-state index in [2.05, 4.69) is 43.8 Å². The number of anilines is 1. The molecule has 0 aliphatic carbocycles. The number of hydrogen-bond donors (Lipinski definition) is 1. The summed E-state index contributed by atoms with van der Waals surface area (Å²) in [5, 5.41) is 3.69. The van der Waals surface area contributed by atoms with E-state index in [1.807, 2.05) is 48.5 Å². The van der Waals surface area contributed by atoms with Crippen molar-refractivity contribution in [3.8, 4) is 0 Å². The average Bonchev–Trinajstić information content (AvgIpc) is 2.40. The highest BCUT2D eigenvalue weighted by molar-refractivity contribution is 14.1. The third kappa shape index (κ3) is 3.55. The predicted molar refractivity (Wildman–Crippen MR) is 86.2 cm³/mol. The molecule has 0 saturated carbocycles. The van der Waals surface area contributed by atoms with Crippen LogP contribution in [-0.2, 0) is 5.33 Å². The van der Waals surface area contributed by atoms with Gasteiger partial charge < -0.3 is 5.32 Å². The quantitative estimate of drug-likeness (QED) is 0.582. The molecule has 0 heterocycles. The monoisotopic (exact) mass is 415 g/mol. The van der Waals surface area contributed by atoms with Crippen LogP contribution < -0.4 is 5.32 Å². The summed E-state index contributed by atoms with van der Waals surface area (Å²) >= 11 is 5.60. The normalized spacial score (nSPS) is 10.1. The fourth-order valence-corrected chi connectivity index (χ4v) is 2.22. The number of carbonyl (C=O) groups is 1. The van der Waals surface area contributed by atoms with Crippen LogP contribution in [0.15, 0.2) is 48.5 Å². The highest BCUT2D eigenvalue weighted by Gasteiger charge is 2.05. The second kappa shape index (κ2) is 6.33. The van der Waals surface area contributed by atoms with Crippen molar-refractivity contribution < 1.29 is 4.79 Å². The molecule has 1 N–H and O–H groups in total. The molecule has 0 aliphatic heterocycles. The molecule has 0 aliphatic rings. The molecule has 2 rings (SSSR count). The molecule has 2 aromatic rings.